The van der Waals surface area contributed by atoms with Crippen LogP contribution in [0.25, 0.3) is 0 Å². The summed E-state index contributed by atoms with van der Waals surface area (Å²) in [5.41, 5.74) is -0.957. The van der Waals surface area contributed by atoms with E-state index >= 15 is 0 Å². The lowest BCUT2D eigenvalue weighted by Gasteiger charge is -2.25. The van der Waals surface area contributed by atoms with Gasteiger partial charge >= 0.3 is 0 Å². The van der Waals surface area contributed by atoms with Crippen LogP contribution in [-0.2, 0) is 14.6 Å². The van der Waals surface area contributed by atoms with Crippen molar-refractivity contribution in [3.63, 3.8) is 0 Å². The van der Waals surface area contributed by atoms with Gasteiger partial charge < -0.3 is 5.32 Å². The lowest BCUT2D eigenvalue weighted by Crippen LogP contribution is -2.42. The smallest absolute Gasteiger partial charge is 0.240 e. The summed E-state index contributed by atoms with van der Waals surface area (Å²) in [6.45, 7) is 4.27. The Morgan fingerprint density at radius 3 is 2.35 bits per heavy atom. The Labute approximate surface area is 121 Å². The Bertz CT molecular complexity index is 473. The van der Waals surface area contributed by atoms with E-state index in [1.165, 1.54) is 0 Å². The highest BCUT2D eigenvalue weighted by atomic mass is 32.2. The number of amides is 1. The fourth-order valence-corrected chi connectivity index (χ4v) is 4.67. The lowest BCUT2D eigenvalue weighted by atomic mass is 9.79. The largest absolute Gasteiger partial charge is 0.354 e. The van der Waals surface area contributed by atoms with Crippen molar-refractivity contribution in [3.05, 3.63) is 0 Å². The molecule has 0 spiro atoms. The molecule has 0 aliphatic carbocycles. The fourth-order valence-electron chi connectivity index (χ4n) is 2.81. The zero-order chi connectivity index (χ0) is 15.2. The van der Waals surface area contributed by atoms with Gasteiger partial charge in [0.05, 0.1) is 17.6 Å². The van der Waals surface area contributed by atoms with Crippen LogP contribution in [0, 0.1) is 22.7 Å². The van der Waals surface area contributed by atoms with Crippen LogP contribution in [0.5, 0.6) is 0 Å². The summed E-state index contributed by atoms with van der Waals surface area (Å²) in [7, 11) is -2.92. The SMILES string of the molecule is CCCC(C#N)(CCC)C(=O)NCC1CCS(=O)(=O)C1. The molecule has 1 atom stereocenters. The molecular formula is C14H24N2O3S. The number of nitriles is 1. The average molecular weight is 300 g/mol. The van der Waals surface area contributed by atoms with E-state index in [1.807, 2.05) is 13.8 Å². The van der Waals surface area contributed by atoms with E-state index < -0.39 is 15.3 Å². The van der Waals surface area contributed by atoms with Crippen LogP contribution < -0.4 is 5.32 Å². The van der Waals surface area contributed by atoms with Gasteiger partial charge in [0.25, 0.3) is 0 Å². The molecule has 5 nitrogen and oxygen atoms in total. The summed E-state index contributed by atoms with van der Waals surface area (Å²) in [6.07, 6.45) is 3.25. The first-order valence-corrected chi connectivity index (χ1v) is 9.11. The van der Waals surface area contributed by atoms with Gasteiger partial charge in [0.2, 0.25) is 5.91 Å². The minimum absolute atomic E-state index is 0.0106. The Kier molecular flexibility index (Phi) is 6.00. The summed E-state index contributed by atoms with van der Waals surface area (Å²) in [4.78, 5) is 12.3. The predicted molar refractivity (Wildman–Crippen MR) is 77.6 cm³/mol. The minimum atomic E-state index is -2.92. The summed E-state index contributed by atoms with van der Waals surface area (Å²) >= 11 is 0. The third-order valence-corrected chi connectivity index (χ3v) is 5.72. The second-order valence-electron chi connectivity index (χ2n) is 5.67. The molecule has 1 heterocycles. The van der Waals surface area contributed by atoms with Crippen molar-refractivity contribution in [3.8, 4) is 6.07 Å². The molecule has 0 aromatic rings. The van der Waals surface area contributed by atoms with E-state index in [2.05, 4.69) is 11.4 Å². The Morgan fingerprint density at radius 2 is 1.95 bits per heavy atom. The van der Waals surface area contributed by atoms with Crippen molar-refractivity contribution in [2.75, 3.05) is 18.1 Å². The van der Waals surface area contributed by atoms with Crippen LogP contribution in [0.15, 0.2) is 0 Å². The third kappa shape index (κ3) is 4.20. The first-order valence-electron chi connectivity index (χ1n) is 7.29. The number of nitrogens with zero attached hydrogens (tertiary/aromatic N) is 1. The van der Waals surface area contributed by atoms with Gasteiger partial charge in [0.1, 0.15) is 5.41 Å². The second-order valence-corrected chi connectivity index (χ2v) is 7.90. The topological polar surface area (TPSA) is 87.0 Å². The molecule has 0 radical (unpaired) electrons. The normalized spacial score (nSPS) is 21.4. The molecular weight excluding hydrogens is 276 g/mol. The molecule has 1 aliphatic heterocycles. The molecule has 1 rings (SSSR count). The van der Waals surface area contributed by atoms with Gasteiger partial charge in [-0.25, -0.2) is 8.42 Å². The van der Waals surface area contributed by atoms with E-state index in [-0.39, 0.29) is 23.3 Å². The van der Waals surface area contributed by atoms with Crippen molar-refractivity contribution in [1.82, 2.24) is 5.32 Å². The molecule has 1 fully saturated rings. The van der Waals surface area contributed by atoms with Crippen molar-refractivity contribution in [2.45, 2.75) is 46.0 Å². The van der Waals surface area contributed by atoms with Crippen molar-refractivity contribution in [1.29, 1.82) is 5.26 Å². The molecule has 0 saturated carbocycles. The lowest BCUT2D eigenvalue weighted by molar-refractivity contribution is -0.129. The molecule has 0 aromatic carbocycles. The highest BCUT2D eigenvalue weighted by molar-refractivity contribution is 7.91. The van der Waals surface area contributed by atoms with E-state index in [0.717, 1.165) is 12.8 Å². The molecule has 114 valence electrons. The first-order chi connectivity index (χ1) is 9.39. The number of rotatable bonds is 7. The minimum Gasteiger partial charge on any atom is -0.354 e. The molecule has 1 unspecified atom stereocenters. The monoisotopic (exact) mass is 300 g/mol. The van der Waals surface area contributed by atoms with Crippen LogP contribution in [0.4, 0.5) is 0 Å². The Morgan fingerprint density at radius 1 is 1.35 bits per heavy atom. The van der Waals surface area contributed by atoms with Crippen LogP contribution in [0.1, 0.15) is 46.0 Å². The number of hydrogen-bond acceptors (Lipinski definition) is 4. The van der Waals surface area contributed by atoms with Gasteiger partial charge in [0.15, 0.2) is 9.84 Å². The molecule has 1 amide bonds. The number of carbonyl (C=O) groups excluding carboxylic acids is 1. The van der Waals surface area contributed by atoms with Gasteiger partial charge in [-0.15, -0.1) is 0 Å². The van der Waals surface area contributed by atoms with Crippen LogP contribution in [0.3, 0.4) is 0 Å². The molecule has 0 aromatic heterocycles. The molecule has 6 heteroatoms. The maximum Gasteiger partial charge on any atom is 0.240 e. The summed E-state index contributed by atoms with van der Waals surface area (Å²) in [6, 6.07) is 2.18. The van der Waals surface area contributed by atoms with E-state index in [9.17, 15) is 18.5 Å². The van der Waals surface area contributed by atoms with Crippen LogP contribution in [0.2, 0.25) is 0 Å². The van der Waals surface area contributed by atoms with Crippen LogP contribution >= 0.6 is 0 Å². The number of nitrogens with one attached hydrogen (secondary N) is 1. The Hall–Kier alpha value is -1.09. The standard InChI is InChI=1S/C14H24N2O3S/c1-3-6-14(11-15,7-4-2)13(17)16-9-12-5-8-20(18,19)10-12/h12H,3-10H2,1-2H3,(H,16,17). The molecule has 20 heavy (non-hydrogen) atoms. The predicted octanol–water partition coefficient (Wildman–Crippen LogP) is 1.65. The van der Waals surface area contributed by atoms with Gasteiger partial charge in [-0.3, -0.25) is 4.79 Å². The summed E-state index contributed by atoms with van der Waals surface area (Å²) < 4.78 is 22.8. The number of sulfone groups is 1. The average Bonchev–Trinajstić information content (AvgIpc) is 2.75. The molecule has 1 saturated heterocycles. The van der Waals surface area contributed by atoms with Crippen molar-refractivity contribution in [2.24, 2.45) is 11.3 Å². The van der Waals surface area contributed by atoms with Gasteiger partial charge in [0, 0.05) is 6.54 Å². The van der Waals surface area contributed by atoms with E-state index in [0.29, 0.717) is 25.8 Å². The second kappa shape index (κ2) is 7.07. The maximum atomic E-state index is 12.3. The zero-order valence-electron chi connectivity index (χ0n) is 12.3. The zero-order valence-corrected chi connectivity index (χ0v) is 13.1. The Balaban J connectivity index is 2.61. The summed E-state index contributed by atoms with van der Waals surface area (Å²) in [5, 5.41) is 12.2. The van der Waals surface area contributed by atoms with E-state index in [1.54, 1.807) is 0 Å². The maximum absolute atomic E-state index is 12.3. The van der Waals surface area contributed by atoms with Crippen LogP contribution in [-0.4, -0.2) is 32.4 Å². The quantitative estimate of drug-likeness (QED) is 0.774. The van der Waals surface area contributed by atoms with E-state index in [4.69, 9.17) is 0 Å². The number of carbonyl (C=O) groups is 1. The van der Waals surface area contributed by atoms with Gasteiger partial charge in [-0.2, -0.15) is 5.26 Å². The van der Waals surface area contributed by atoms with Crippen molar-refractivity contribution >= 4 is 15.7 Å². The first kappa shape index (κ1) is 17.0. The molecule has 1 aliphatic rings. The molecule has 0 bridgehead atoms. The van der Waals surface area contributed by atoms with Crippen molar-refractivity contribution < 1.29 is 13.2 Å². The van der Waals surface area contributed by atoms with Gasteiger partial charge in [-0.1, -0.05) is 26.7 Å². The molecule has 1 N–H and O–H groups in total. The third-order valence-electron chi connectivity index (χ3n) is 3.88. The highest BCUT2D eigenvalue weighted by Crippen LogP contribution is 2.29. The highest BCUT2D eigenvalue weighted by Gasteiger charge is 2.37. The fraction of sp³-hybridized carbons (Fsp3) is 0.857. The van der Waals surface area contributed by atoms with Gasteiger partial charge in [-0.05, 0) is 25.2 Å². The summed E-state index contributed by atoms with van der Waals surface area (Å²) in [5.74, 6) is 0.103. The number of hydrogen-bond donors (Lipinski definition) is 1.